The van der Waals surface area contributed by atoms with Gasteiger partial charge in [0.25, 0.3) is 0 Å². The molecule has 2 N–H and O–H groups in total. The molecule has 2 aliphatic heterocycles. The predicted octanol–water partition coefficient (Wildman–Crippen LogP) is 2.07. The third-order valence-electron chi connectivity index (χ3n) is 4.64. The van der Waals surface area contributed by atoms with E-state index in [1.165, 1.54) is 17.0 Å². The lowest BCUT2D eigenvalue weighted by molar-refractivity contribution is -0.117. The highest BCUT2D eigenvalue weighted by atomic mass is 19.1. The van der Waals surface area contributed by atoms with Crippen molar-refractivity contribution in [3.8, 4) is 11.5 Å². The number of anilines is 1. The second kappa shape index (κ2) is 7.75. The summed E-state index contributed by atoms with van der Waals surface area (Å²) >= 11 is 0. The fourth-order valence-electron chi connectivity index (χ4n) is 3.30. The molecule has 28 heavy (non-hydrogen) atoms. The number of amides is 3. The Labute approximate surface area is 161 Å². The van der Waals surface area contributed by atoms with Gasteiger partial charge in [0, 0.05) is 18.7 Å². The van der Waals surface area contributed by atoms with Crippen LogP contribution < -0.4 is 25.0 Å². The Morgan fingerprint density at radius 3 is 2.82 bits per heavy atom. The van der Waals surface area contributed by atoms with E-state index < -0.39 is 5.82 Å². The van der Waals surface area contributed by atoms with Crippen LogP contribution in [0.25, 0.3) is 0 Å². The Kier molecular flexibility index (Phi) is 5.01. The van der Waals surface area contributed by atoms with Gasteiger partial charge in [-0.15, -0.1) is 0 Å². The van der Waals surface area contributed by atoms with Gasteiger partial charge in [0.2, 0.25) is 5.91 Å². The van der Waals surface area contributed by atoms with Crippen LogP contribution in [0, 0.1) is 5.82 Å². The number of nitrogens with zero attached hydrogens (tertiary/aromatic N) is 1. The van der Waals surface area contributed by atoms with Crippen molar-refractivity contribution >= 4 is 17.6 Å². The van der Waals surface area contributed by atoms with Gasteiger partial charge in [0.1, 0.15) is 12.4 Å². The number of benzene rings is 2. The van der Waals surface area contributed by atoms with E-state index in [0.717, 1.165) is 0 Å². The van der Waals surface area contributed by atoms with Gasteiger partial charge < -0.3 is 25.0 Å². The Hall–Kier alpha value is -3.29. The molecular weight excluding hydrogens is 365 g/mol. The molecule has 7 nitrogen and oxygen atoms in total. The Morgan fingerprint density at radius 1 is 1.18 bits per heavy atom. The summed E-state index contributed by atoms with van der Waals surface area (Å²) < 4.78 is 24.8. The molecule has 4 rings (SSSR count). The van der Waals surface area contributed by atoms with Gasteiger partial charge in [0.05, 0.1) is 12.6 Å². The van der Waals surface area contributed by atoms with Crippen molar-refractivity contribution in [3.05, 3.63) is 54.3 Å². The molecule has 2 aliphatic rings. The maximum atomic E-state index is 13.4. The topological polar surface area (TPSA) is 79.9 Å². The smallest absolute Gasteiger partial charge is 0.315 e. The molecule has 2 atom stereocenters. The first-order valence-corrected chi connectivity index (χ1v) is 9.07. The van der Waals surface area contributed by atoms with Gasteiger partial charge in [-0.25, -0.2) is 9.18 Å². The van der Waals surface area contributed by atoms with Crippen LogP contribution in [0.3, 0.4) is 0 Å². The van der Waals surface area contributed by atoms with Crippen LogP contribution in [-0.4, -0.2) is 43.8 Å². The SMILES string of the molecule is O=C(NC[C@@H]1COc2ccccc2O1)N[C@@H]1CC(=O)N(c2cccc(F)c2)C1. The zero-order valence-corrected chi connectivity index (χ0v) is 15.1. The van der Waals surface area contributed by atoms with Crippen LogP contribution in [0.5, 0.6) is 11.5 Å². The lowest BCUT2D eigenvalue weighted by Gasteiger charge is -2.26. The van der Waals surface area contributed by atoms with Gasteiger partial charge in [0.15, 0.2) is 17.6 Å². The van der Waals surface area contributed by atoms with Crippen LogP contribution in [-0.2, 0) is 4.79 Å². The van der Waals surface area contributed by atoms with E-state index in [9.17, 15) is 14.0 Å². The molecule has 0 aliphatic carbocycles. The quantitative estimate of drug-likeness (QED) is 0.845. The molecule has 3 amide bonds. The summed E-state index contributed by atoms with van der Waals surface area (Å²) in [5.74, 6) is 0.769. The summed E-state index contributed by atoms with van der Waals surface area (Å²) in [7, 11) is 0. The first-order valence-electron chi connectivity index (χ1n) is 9.07. The third-order valence-corrected chi connectivity index (χ3v) is 4.64. The second-order valence-corrected chi connectivity index (χ2v) is 6.74. The van der Waals surface area contributed by atoms with Crippen molar-refractivity contribution in [2.75, 3.05) is 24.6 Å². The lowest BCUT2D eigenvalue weighted by Crippen LogP contribution is -2.47. The number of ether oxygens (including phenoxy) is 2. The van der Waals surface area contributed by atoms with Gasteiger partial charge in [-0.3, -0.25) is 4.79 Å². The molecule has 0 unspecified atom stereocenters. The van der Waals surface area contributed by atoms with Crippen molar-refractivity contribution in [3.63, 3.8) is 0 Å². The van der Waals surface area contributed by atoms with Crippen LogP contribution in [0.1, 0.15) is 6.42 Å². The average Bonchev–Trinajstić information content (AvgIpc) is 3.06. The summed E-state index contributed by atoms with van der Waals surface area (Å²) in [6, 6.07) is 12.5. The van der Waals surface area contributed by atoms with E-state index in [-0.39, 0.29) is 37.0 Å². The standard InChI is InChI=1S/C20H20FN3O4/c21-13-4-3-5-15(8-13)24-11-14(9-19(24)25)23-20(26)22-10-16-12-27-17-6-1-2-7-18(17)28-16/h1-8,14,16H,9-12H2,(H2,22,23,26)/t14-,16-/m1/s1. The third kappa shape index (κ3) is 4.00. The van der Waals surface area contributed by atoms with E-state index >= 15 is 0 Å². The molecule has 2 aromatic rings. The summed E-state index contributed by atoms with van der Waals surface area (Å²) in [4.78, 5) is 25.9. The number of nitrogens with one attached hydrogen (secondary N) is 2. The number of para-hydroxylation sites is 2. The number of rotatable bonds is 4. The van der Waals surface area contributed by atoms with Crippen molar-refractivity contribution < 1.29 is 23.5 Å². The molecule has 0 radical (unpaired) electrons. The highest BCUT2D eigenvalue weighted by molar-refractivity contribution is 5.96. The summed E-state index contributed by atoms with van der Waals surface area (Å²) in [5, 5.41) is 5.52. The largest absolute Gasteiger partial charge is 0.486 e. The van der Waals surface area contributed by atoms with Gasteiger partial charge in [-0.2, -0.15) is 0 Å². The molecule has 1 fully saturated rings. The van der Waals surface area contributed by atoms with Gasteiger partial charge in [-0.1, -0.05) is 18.2 Å². The number of hydrogen-bond acceptors (Lipinski definition) is 4. The normalized spacial score (nSPS) is 20.8. The molecule has 8 heteroatoms. The van der Waals surface area contributed by atoms with Gasteiger partial charge in [-0.05, 0) is 30.3 Å². The molecule has 0 saturated carbocycles. The molecule has 0 bridgehead atoms. The fraction of sp³-hybridized carbons (Fsp3) is 0.300. The summed E-state index contributed by atoms with van der Waals surface area (Å²) in [6.07, 6.45) is -0.130. The zero-order chi connectivity index (χ0) is 19.5. The lowest BCUT2D eigenvalue weighted by atomic mass is 10.2. The molecule has 0 aromatic heterocycles. The maximum absolute atomic E-state index is 13.4. The molecule has 2 aromatic carbocycles. The highest BCUT2D eigenvalue weighted by Crippen LogP contribution is 2.30. The summed E-state index contributed by atoms with van der Waals surface area (Å²) in [5.41, 5.74) is 0.487. The molecule has 2 heterocycles. The number of halogens is 1. The Balaban J connectivity index is 1.26. The predicted molar refractivity (Wildman–Crippen MR) is 100 cm³/mol. The minimum Gasteiger partial charge on any atom is -0.486 e. The number of carbonyl (C=O) groups is 2. The second-order valence-electron chi connectivity index (χ2n) is 6.74. The van der Waals surface area contributed by atoms with E-state index in [4.69, 9.17) is 9.47 Å². The molecule has 1 saturated heterocycles. The van der Waals surface area contributed by atoms with Crippen molar-refractivity contribution in [2.24, 2.45) is 0 Å². The first-order chi connectivity index (χ1) is 13.6. The Bertz CT molecular complexity index is 891. The van der Waals surface area contributed by atoms with E-state index in [2.05, 4.69) is 10.6 Å². The zero-order valence-electron chi connectivity index (χ0n) is 15.1. The number of urea groups is 1. The number of hydrogen-bond donors (Lipinski definition) is 2. The van der Waals surface area contributed by atoms with E-state index in [1.54, 1.807) is 12.1 Å². The minimum absolute atomic E-state index is 0.156. The molecular formula is C20H20FN3O4. The van der Waals surface area contributed by atoms with Gasteiger partial charge >= 0.3 is 6.03 Å². The monoisotopic (exact) mass is 385 g/mol. The number of carbonyl (C=O) groups excluding carboxylic acids is 2. The average molecular weight is 385 g/mol. The van der Waals surface area contributed by atoms with E-state index in [1.807, 2.05) is 24.3 Å². The highest BCUT2D eigenvalue weighted by Gasteiger charge is 2.32. The van der Waals surface area contributed by atoms with Crippen LogP contribution >= 0.6 is 0 Å². The van der Waals surface area contributed by atoms with Crippen molar-refractivity contribution in [2.45, 2.75) is 18.6 Å². The minimum atomic E-state index is -0.407. The summed E-state index contributed by atoms with van der Waals surface area (Å²) in [6.45, 7) is 0.910. The van der Waals surface area contributed by atoms with Crippen LogP contribution in [0.4, 0.5) is 14.9 Å². The van der Waals surface area contributed by atoms with Crippen LogP contribution in [0.2, 0.25) is 0 Å². The fourth-order valence-corrected chi connectivity index (χ4v) is 3.30. The van der Waals surface area contributed by atoms with Crippen molar-refractivity contribution in [1.82, 2.24) is 10.6 Å². The first kappa shape index (κ1) is 18.1. The van der Waals surface area contributed by atoms with Crippen LogP contribution in [0.15, 0.2) is 48.5 Å². The maximum Gasteiger partial charge on any atom is 0.315 e. The van der Waals surface area contributed by atoms with E-state index in [0.29, 0.717) is 30.3 Å². The van der Waals surface area contributed by atoms with Crippen molar-refractivity contribution in [1.29, 1.82) is 0 Å². The Morgan fingerprint density at radius 2 is 2.00 bits per heavy atom. The molecule has 0 spiro atoms. The molecule has 146 valence electrons. The number of fused-ring (bicyclic) bond motifs is 1.